The fourth-order valence-corrected chi connectivity index (χ4v) is 1.04. The smallest absolute Gasteiger partial charge is 0.0542 e. The first-order valence-corrected chi connectivity index (χ1v) is 4.58. The summed E-state index contributed by atoms with van der Waals surface area (Å²) in [5, 5.41) is 5.94. The van der Waals surface area contributed by atoms with E-state index in [-0.39, 0.29) is 0 Å². The molecule has 0 aliphatic rings. The van der Waals surface area contributed by atoms with Crippen LogP contribution < -0.4 is 4.90 Å². The van der Waals surface area contributed by atoms with Gasteiger partial charge < -0.3 is 9.91 Å². The molecule has 0 aliphatic carbocycles. The lowest BCUT2D eigenvalue weighted by Crippen LogP contribution is -2.08. The van der Waals surface area contributed by atoms with Crippen molar-refractivity contribution >= 4 is 11.9 Å². The first kappa shape index (κ1) is 10.6. The van der Waals surface area contributed by atoms with Crippen molar-refractivity contribution in [2.45, 2.75) is 0 Å². The van der Waals surface area contributed by atoms with E-state index in [1.54, 1.807) is 5.01 Å². The molecule has 1 aromatic rings. The lowest BCUT2D eigenvalue weighted by Gasteiger charge is -2.11. The third kappa shape index (κ3) is 3.09. The lowest BCUT2D eigenvalue weighted by molar-refractivity contribution is 0.440. The van der Waals surface area contributed by atoms with E-state index in [0.29, 0.717) is 0 Å². The Labute approximate surface area is 85.6 Å². The molecule has 0 radical (unpaired) electrons. The van der Waals surface area contributed by atoms with Gasteiger partial charge in [0.25, 0.3) is 0 Å². The summed E-state index contributed by atoms with van der Waals surface area (Å²) in [6.45, 7) is 0. The highest BCUT2D eigenvalue weighted by atomic mass is 15.4. The van der Waals surface area contributed by atoms with Crippen LogP contribution in [0.2, 0.25) is 0 Å². The summed E-state index contributed by atoms with van der Waals surface area (Å²) in [5.74, 6) is 0. The summed E-state index contributed by atoms with van der Waals surface area (Å²) in [4.78, 5) is 2.08. The molecule has 0 unspecified atom stereocenters. The maximum Gasteiger partial charge on any atom is 0.0542 e. The number of hydrogen-bond donors (Lipinski definition) is 0. The van der Waals surface area contributed by atoms with Crippen LogP contribution in [0.15, 0.2) is 29.4 Å². The van der Waals surface area contributed by atoms with Crippen molar-refractivity contribution in [3.05, 3.63) is 29.8 Å². The molecule has 0 spiro atoms. The predicted molar refractivity (Wildman–Crippen MR) is 62.1 cm³/mol. The minimum absolute atomic E-state index is 1.12. The minimum Gasteiger partial charge on any atom is -0.378 e. The molecule has 0 bridgehead atoms. The predicted octanol–water partition coefficient (Wildman–Crippen LogP) is 1.65. The van der Waals surface area contributed by atoms with Gasteiger partial charge in [-0.05, 0) is 17.7 Å². The van der Waals surface area contributed by atoms with Crippen LogP contribution >= 0.6 is 0 Å². The summed E-state index contributed by atoms with van der Waals surface area (Å²) < 4.78 is 0. The van der Waals surface area contributed by atoms with Crippen molar-refractivity contribution in [3.63, 3.8) is 0 Å². The zero-order valence-electron chi connectivity index (χ0n) is 9.23. The fourth-order valence-electron chi connectivity index (χ4n) is 1.04. The molecule has 3 heteroatoms. The van der Waals surface area contributed by atoms with E-state index < -0.39 is 0 Å². The van der Waals surface area contributed by atoms with E-state index in [4.69, 9.17) is 0 Å². The Morgan fingerprint density at radius 3 is 2.00 bits per heavy atom. The maximum absolute atomic E-state index is 4.16. The zero-order valence-corrected chi connectivity index (χ0v) is 9.23. The van der Waals surface area contributed by atoms with Crippen molar-refractivity contribution in [3.8, 4) is 0 Å². The lowest BCUT2D eigenvalue weighted by atomic mass is 10.2. The van der Waals surface area contributed by atoms with Gasteiger partial charge in [0.15, 0.2) is 0 Å². The van der Waals surface area contributed by atoms with Crippen LogP contribution in [-0.2, 0) is 0 Å². The largest absolute Gasteiger partial charge is 0.378 e. The van der Waals surface area contributed by atoms with Crippen LogP contribution in [0, 0.1) is 0 Å². The van der Waals surface area contributed by atoms with Gasteiger partial charge in [0, 0.05) is 33.9 Å². The quantitative estimate of drug-likeness (QED) is 0.534. The highest BCUT2D eigenvalue weighted by Crippen LogP contribution is 2.10. The molecule has 1 aromatic carbocycles. The van der Waals surface area contributed by atoms with E-state index >= 15 is 0 Å². The molecule has 0 aliphatic heterocycles. The van der Waals surface area contributed by atoms with Crippen molar-refractivity contribution in [1.29, 1.82) is 0 Å². The van der Waals surface area contributed by atoms with Gasteiger partial charge in [0.2, 0.25) is 0 Å². The van der Waals surface area contributed by atoms with Gasteiger partial charge in [-0.15, -0.1) is 0 Å². The van der Waals surface area contributed by atoms with Crippen LogP contribution in [0.3, 0.4) is 0 Å². The molecule has 0 atom stereocenters. The van der Waals surface area contributed by atoms with Crippen molar-refractivity contribution < 1.29 is 0 Å². The van der Waals surface area contributed by atoms with E-state index in [2.05, 4.69) is 34.3 Å². The summed E-state index contributed by atoms with van der Waals surface area (Å²) in [6, 6.07) is 8.28. The number of nitrogens with zero attached hydrogens (tertiary/aromatic N) is 3. The second-order valence-corrected chi connectivity index (χ2v) is 3.58. The third-order valence-electron chi connectivity index (χ3n) is 1.85. The van der Waals surface area contributed by atoms with Crippen LogP contribution in [0.4, 0.5) is 5.69 Å². The molecule has 3 nitrogen and oxygen atoms in total. The Kier molecular flexibility index (Phi) is 3.51. The second kappa shape index (κ2) is 4.65. The average molecular weight is 191 g/mol. The van der Waals surface area contributed by atoms with Gasteiger partial charge in [-0.2, -0.15) is 5.10 Å². The normalized spacial score (nSPS) is 10.6. The molecular weight excluding hydrogens is 174 g/mol. The summed E-state index contributed by atoms with van der Waals surface area (Å²) >= 11 is 0. The van der Waals surface area contributed by atoms with E-state index in [1.165, 1.54) is 5.69 Å². The molecule has 14 heavy (non-hydrogen) atoms. The fraction of sp³-hybridized carbons (Fsp3) is 0.364. The Balaban J connectivity index is 2.73. The van der Waals surface area contributed by atoms with Crippen LogP contribution in [0.1, 0.15) is 5.56 Å². The Hall–Kier alpha value is -1.51. The number of anilines is 1. The van der Waals surface area contributed by atoms with Crippen LogP contribution in [0.5, 0.6) is 0 Å². The monoisotopic (exact) mass is 191 g/mol. The summed E-state index contributed by atoms with van der Waals surface area (Å²) in [6.07, 6.45) is 1.85. The van der Waals surface area contributed by atoms with Crippen LogP contribution in [0.25, 0.3) is 0 Å². The van der Waals surface area contributed by atoms with E-state index in [1.807, 2.05) is 34.4 Å². The van der Waals surface area contributed by atoms with Crippen LogP contribution in [-0.4, -0.2) is 39.4 Å². The van der Waals surface area contributed by atoms with Gasteiger partial charge in [0.05, 0.1) is 6.21 Å². The molecule has 0 saturated carbocycles. The highest BCUT2D eigenvalue weighted by Gasteiger charge is 1.93. The molecule has 0 N–H and O–H groups in total. The molecule has 0 fully saturated rings. The third-order valence-corrected chi connectivity index (χ3v) is 1.85. The molecule has 0 heterocycles. The topological polar surface area (TPSA) is 18.8 Å². The van der Waals surface area contributed by atoms with Gasteiger partial charge in [-0.25, -0.2) is 0 Å². The molecular formula is C11H17N3. The molecule has 0 amide bonds. The van der Waals surface area contributed by atoms with Crippen molar-refractivity contribution in [2.24, 2.45) is 5.10 Å². The van der Waals surface area contributed by atoms with E-state index in [0.717, 1.165) is 5.56 Å². The van der Waals surface area contributed by atoms with E-state index in [9.17, 15) is 0 Å². The minimum atomic E-state index is 1.12. The van der Waals surface area contributed by atoms with Gasteiger partial charge >= 0.3 is 0 Å². The number of hydrazone groups is 1. The molecule has 0 aromatic heterocycles. The summed E-state index contributed by atoms with van der Waals surface area (Å²) in [5.41, 5.74) is 2.32. The molecule has 76 valence electrons. The zero-order chi connectivity index (χ0) is 10.6. The Bertz CT molecular complexity index is 299. The number of benzene rings is 1. The molecule has 1 rings (SSSR count). The summed E-state index contributed by atoms with van der Waals surface area (Å²) in [7, 11) is 7.88. The molecule has 0 saturated heterocycles. The standard InChI is InChI=1S/C11H17N3/c1-13(2)11-7-5-10(6-8-11)9-12-14(3)4/h5-9H,1-4H3/b12-9+. The second-order valence-electron chi connectivity index (χ2n) is 3.58. The number of hydrogen-bond acceptors (Lipinski definition) is 3. The van der Waals surface area contributed by atoms with Gasteiger partial charge in [-0.1, -0.05) is 12.1 Å². The van der Waals surface area contributed by atoms with Crippen molar-refractivity contribution in [2.75, 3.05) is 33.1 Å². The SMILES string of the molecule is CN(C)/N=C/c1ccc(N(C)C)cc1. The van der Waals surface area contributed by atoms with Crippen molar-refractivity contribution in [1.82, 2.24) is 5.01 Å². The van der Waals surface area contributed by atoms with Gasteiger partial charge in [0.1, 0.15) is 0 Å². The van der Waals surface area contributed by atoms with Gasteiger partial charge in [-0.3, -0.25) is 0 Å². The highest BCUT2D eigenvalue weighted by molar-refractivity contribution is 5.80. The maximum atomic E-state index is 4.16. The first-order valence-electron chi connectivity index (χ1n) is 4.58. The Morgan fingerprint density at radius 1 is 1.00 bits per heavy atom. The first-order chi connectivity index (χ1) is 6.59. The average Bonchev–Trinajstić information content (AvgIpc) is 2.15. The number of rotatable bonds is 3. The Morgan fingerprint density at radius 2 is 1.57 bits per heavy atom.